The quantitative estimate of drug-likeness (QED) is 0.451. The number of rotatable bonds is 8. The number of carbonyl (C=O) groups excluding carboxylic acids is 1. The Hall–Kier alpha value is -3.07. The molecule has 1 atom stereocenters. The lowest BCUT2D eigenvalue weighted by Crippen LogP contribution is -2.42. The molecule has 0 amide bonds. The first kappa shape index (κ1) is 25.6. The highest BCUT2D eigenvalue weighted by atomic mass is 16.6. The number of anilines is 1. The Labute approximate surface area is 200 Å². The maximum absolute atomic E-state index is 12.9. The molecule has 3 rings (SSSR count). The summed E-state index contributed by atoms with van der Waals surface area (Å²) in [5, 5.41) is 9.55. The van der Waals surface area contributed by atoms with E-state index in [0.717, 1.165) is 18.4 Å². The second-order valence-electron chi connectivity index (χ2n) is 10.1. The van der Waals surface area contributed by atoms with E-state index in [0.29, 0.717) is 36.7 Å². The second kappa shape index (κ2) is 9.66. The van der Waals surface area contributed by atoms with Crippen LogP contribution in [0.15, 0.2) is 25.1 Å². The summed E-state index contributed by atoms with van der Waals surface area (Å²) in [7, 11) is 1.33. The summed E-state index contributed by atoms with van der Waals surface area (Å²) in [6, 6.07) is 1.78. The first-order chi connectivity index (χ1) is 15.9. The van der Waals surface area contributed by atoms with Gasteiger partial charge in [0.2, 0.25) is 0 Å². The Balaban J connectivity index is 2.17. The third-order valence-corrected chi connectivity index (χ3v) is 6.16. The minimum absolute atomic E-state index is 0.0153. The van der Waals surface area contributed by atoms with Crippen LogP contribution in [-0.2, 0) is 19.0 Å². The highest BCUT2D eigenvalue weighted by molar-refractivity contribution is 5.87. The van der Waals surface area contributed by atoms with Crippen molar-refractivity contribution >= 4 is 23.4 Å². The summed E-state index contributed by atoms with van der Waals surface area (Å²) < 4.78 is 18.5. The number of esters is 1. The van der Waals surface area contributed by atoms with Crippen LogP contribution in [0.25, 0.3) is 5.65 Å². The Morgan fingerprint density at radius 2 is 1.97 bits per heavy atom. The molecule has 9 nitrogen and oxygen atoms in total. The molecule has 1 fully saturated rings. The molecule has 2 aromatic heterocycles. The van der Waals surface area contributed by atoms with Crippen molar-refractivity contribution in [1.82, 2.24) is 9.38 Å². The number of methoxy groups -OCH3 is 1. The van der Waals surface area contributed by atoms with E-state index in [9.17, 15) is 14.7 Å². The number of carbonyl (C=O) groups is 2. The molecule has 9 heteroatoms. The van der Waals surface area contributed by atoms with Gasteiger partial charge in [-0.3, -0.25) is 4.40 Å². The summed E-state index contributed by atoms with van der Waals surface area (Å²) >= 11 is 0. The van der Waals surface area contributed by atoms with E-state index >= 15 is 0 Å². The van der Waals surface area contributed by atoms with Gasteiger partial charge >= 0.3 is 11.9 Å². The molecule has 1 saturated heterocycles. The van der Waals surface area contributed by atoms with Crippen LogP contribution < -0.4 is 4.90 Å². The number of imidazole rings is 1. The zero-order valence-electron chi connectivity index (χ0n) is 20.9. The van der Waals surface area contributed by atoms with Crippen molar-refractivity contribution in [3.8, 4) is 0 Å². The van der Waals surface area contributed by atoms with E-state index in [1.165, 1.54) is 19.6 Å². The van der Waals surface area contributed by atoms with E-state index in [4.69, 9.17) is 14.2 Å². The van der Waals surface area contributed by atoms with Crippen LogP contribution in [0.4, 0.5) is 5.82 Å². The molecule has 1 aliphatic rings. The number of aryl methyl sites for hydroxylation is 1. The van der Waals surface area contributed by atoms with E-state index in [-0.39, 0.29) is 11.1 Å². The third kappa shape index (κ3) is 5.35. The van der Waals surface area contributed by atoms with Gasteiger partial charge in [-0.05, 0) is 52.2 Å². The van der Waals surface area contributed by atoms with E-state index in [1.807, 2.05) is 27.7 Å². The van der Waals surface area contributed by atoms with Gasteiger partial charge in [0.25, 0.3) is 0 Å². The summed E-state index contributed by atoms with van der Waals surface area (Å²) in [6.07, 6.45) is 3.66. The van der Waals surface area contributed by atoms with E-state index < -0.39 is 23.6 Å². The van der Waals surface area contributed by atoms with Gasteiger partial charge in [-0.25, -0.2) is 14.6 Å². The van der Waals surface area contributed by atoms with E-state index in [1.54, 1.807) is 10.5 Å². The van der Waals surface area contributed by atoms with Gasteiger partial charge < -0.3 is 24.2 Å². The largest absolute Gasteiger partial charge is 0.501 e. The van der Waals surface area contributed by atoms with Gasteiger partial charge in [0.15, 0.2) is 11.8 Å². The molecule has 1 aliphatic heterocycles. The monoisotopic (exact) mass is 473 g/mol. The molecule has 0 bridgehead atoms. The fraction of sp³-hybridized carbons (Fsp3) is 0.560. The molecule has 0 saturated carbocycles. The number of ether oxygens (including phenoxy) is 3. The Morgan fingerprint density at radius 3 is 2.50 bits per heavy atom. The van der Waals surface area contributed by atoms with Gasteiger partial charge in [-0.15, -0.1) is 0 Å². The number of fused-ring (bicyclic) bond motifs is 1. The number of carboxylic acids is 1. The topological polar surface area (TPSA) is 103 Å². The van der Waals surface area contributed by atoms with Gasteiger partial charge in [0.1, 0.15) is 11.5 Å². The van der Waals surface area contributed by atoms with E-state index in [2.05, 4.69) is 23.4 Å². The number of pyridine rings is 1. The lowest BCUT2D eigenvalue weighted by molar-refractivity contribution is -0.164. The van der Waals surface area contributed by atoms with Crippen LogP contribution in [0.3, 0.4) is 0 Å². The van der Waals surface area contributed by atoms with Gasteiger partial charge in [0.05, 0.1) is 25.6 Å². The first-order valence-corrected chi connectivity index (χ1v) is 11.4. The highest BCUT2D eigenvalue weighted by Crippen LogP contribution is 2.40. The van der Waals surface area contributed by atoms with Crippen LogP contribution in [0.5, 0.6) is 0 Å². The number of piperidine rings is 1. The Bertz CT molecular complexity index is 1080. The molecular weight excluding hydrogens is 438 g/mol. The first-order valence-electron chi connectivity index (χ1n) is 11.4. The zero-order valence-corrected chi connectivity index (χ0v) is 20.9. The van der Waals surface area contributed by atoms with Crippen molar-refractivity contribution in [2.45, 2.75) is 59.2 Å². The number of aromatic carboxylic acids is 1. The lowest BCUT2D eigenvalue weighted by atomic mass is 9.81. The summed E-state index contributed by atoms with van der Waals surface area (Å²) in [5.74, 6) is -0.933. The Morgan fingerprint density at radius 1 is 1.32 bits per heavy atom. The fourth-order valence-corrected chi connectivity index (χ4v) is 4.34. The van der Waals surface area contributed by atoms with Crippen molar-refractivity contribution < 1.29 is 28.9 Å². The lowest BCUT2D eigenvalue weighted by Gasteiger charge is -2.41. The molecule has 0 aliphatic carbocycles. The van der Waals surface area contributed by atoms with Crippen LogP contribution in [0, 0.1) is 12.3 Å². The SMILES string of the molecule is C=COCC1(C)CCN(c2c([C@H](OC(C)(C)C)C(=O)OC)c(C)cc3nc(C(=O)O)cn23)CC1. The molecule has 0 aromatic carbocycles. The summed E-state index contributed by atoms with van der Waals surface area (Å²) in [6.45, 7) is 15.3. The molecule has 34 heavy (non-hydrogen) atoms. The van der Waals surface area contributed by atoms with Crippen LogP contribution in [0.1, 0.15) is 68.3 Å². The maximum Gasteiger partial charge on any atom is 0.356 e. The third-order valence-electron chi connectivity index (χ3n) is 6.16. The predicted molar refractivity (Wildman–Crippen MR) is 128 cm³/mol. The van der Waals surface area contributed by atoms with Crippen molar-refractivity contribution in [2.75, 3.05) is 31.7 Å². The molecule has 0 spiro atoms. The van der Waals surface area contributed by atoms with Gasteiger partial charge in [-0.1, -0.05) is 13.5 Å². The van der Waals surface area contributed by atoms with Crippen molar-refractivity contribution in [2.24, 2.45) is 5.41 Å². The molecule has 0 radical (unpaired) electrons. The summed E-state index contributed by atoms with van der Waals surface area (Å²) in [4.78, 5) is 31.1. The predicted octanol–water partition coefficient (Wildman–Crippen LogP) is 4.14. The Kier molecular flexibility index (Phi) is 7.26. The van der Waals surface area contributed by atoms with Crippen molar-refractivity contribution in [3.05, 3.63) is 41.9 Å². The van der Waals surface area contributed by atoms with Crippen LogP contribution in [0.2, 0.25) is 0 Å². The average molecular weight is 474 g/mol. The standard InChI is InChI=1S/C25H35N3O6/c1-8-33-15-25(6)9-11-27(12-10-25)21-19(20(23(31)32-7)34-24(3,4)5)16(2)13-18-26-17(22(29)30)14-28(18)21/h8,13-14,20H,1,9-12,15H2,2-7H3,(H,29,30)/t20-/m0/s1. The minimum Gasteiger partial charge on any atom is -0.501 e. The van der Waals surface area contributed by atoms with Crippen molar-refractivity contribution in [3.63, 3.8) is 0 Å². The molecule has 3 heterocycles. The smallest absolute Gasteiger partial charge is 0.356 e. The molecular formula is C25H35N3O6. The number of nitrogens with zero attached hydrogens (tertiary/aromatic N) is 3. The summed E-state index contributed by atoms with van der Waals surface area (Å²) in [5.41, 5.74) is 1.21. The second-order valence-corrected chi connectivity index (χ2v) is 10.1. The highest BCUT2D eigenvalue weighted by Gasteiger charge is 2.37. The number of carboxylic acid groups (broad SMARTS) is 1. The zero-order chi connectivity index (χ0) is 25.3. The molecule has 1 N–H and O–H groups in total. The van der Waals surface area contributed by atoms with Crippen LogP contribution >= 0.6 is 0 Å². The molecule has 0 unspecified atom stereocenters. The number of hydrogen-bond donors (Lipinski definition) is 1. The van der Waals surface area contributed by atoms with Crippen LogP contribution in [-0.4, -0.2) is 58.8 Å². The molecule has 186 valence electrons. The minimum atomic E-state index is -1.11. The maximum atomic E-state index is 12.9. The fourth-order valence-electron chi connectivity index (χ4n) is 4.34. The normalized spacial score (nSPS) is 16.8. The number of aromatic nitrogens is 2. The van der Waals surface area contributed by atoms with Gasteiger partial charge in [-0.2, -0.15) is 0 Å². The van der Waals surface area contributed by atoms with Crippen molar-refractivity contribution in [1.29, 1.82) is 0 Å². The number of hydrogen-bond acceptors (Lipinski definition) is 7. The van der Waals surface area contributed by atoms with Gasteiger partial charge in [0, 0.05) is 30.3 Å². The molecule has 2 aromatic rings. The average Bonchev–Trinajstić information content (AvgIpc) is 3.19.